The van der Waals surface area contributed by atoms with Gasteiger partial charge in [-0.15, -0.1) is 0 Å². The van der Waals surface area contributed by atoms with Gasteiger partial charge in [0.2, 0.25) is 0 Å². The molecular weight excluding hydrogens is 244 g/mol. The van der Waals surface area contributed by atoms with Gasteiger partial charge in [0.15, 0.2) is 0 Å². The van der Waals surface area contributed by atoms with Crippen molar-refractivity contribution in [3.63, 3.8) is 0 Å². The fourth-order valence-corrected chi connectivity index (χ4v) is 1.67. The van der Waals surface area contributed by atoms with Gasteiger partial charge in [-0.2, -0.15) is 0 Å². The van der Waals surface area contributed by atoms with Crippen LogP contribution in [-0.2, 0) is 11.3 Å². The van der Waals surface area contributed by atoms with Crippen LogP contribution in [-0.4, -0.2) is 57.5 Å². The minimum atomic E-state index is 0.264. The predicted octanol–water partition coefficient (Wildman–Crippen LogP) is 1.07. The van der Waals surface area contributed by atoms with Crippen LogP contribution in [0, 0.1) is 0 Å². The number of methoxy groups -OCH3 is 2. The van der Waals surface area contributed by atoms with Crippen molar-refractivity contribution in [3.05, 3.63) is 23.8 Å². The summed E-state index contributed by atoms with van der Waals surface area (Å²) < 4.78 is 10.1. The summed E-state index contributed by atoms with van der Waals surface area (Å²) in [7, 11) is 5.35. The quantitative estimate of drug-likeness (QED) is 0.656. The molecular formula is C14H24N2O3. The van der Waals surface area contributed by atoms with E-state index in [2.05, 4.69) is 17.3 Å². The monoisotopic (exact) mass is 268 g/mol. The topological polar surface area (TPSA) is 54.0 Å². The van der Waals surface area contributed by atoms with E-state index < -0.39 is 0 Å². The summed E-state index contributed by atoms with van der Waals surface area (Å²) >= 11 is 0. The Kier molecular flexibility index (Phi) is 7.25. The third kappa shape index (κ3) is 5.92. The molecule has 0 fully saturated rings. The SMILES string of the molecule is COCCN(C)CCNCc1ccc(OC)cc1O. The highest BCUT2D eigenvalue weighted by atomic mass is 16.5. The van der Waals surface area contributed by atoms with Crippen molar-refractivity contribution in [2.75, 3.05) is 47.5 Å². The first-order valence-electron chi connectivity index (χ1n) is 6.41. The van der Waals surface area contributed by atoms with Crippen LogP contribution >= 0.6 is 0 Å². The van der Waals surface area contributed by atoms with Crippen molar-refractivity contribution < 1.29 is 14.6 Å². The maximum atomic E-state index is 9.80. The predicted molar refractivity (Wildman–Crippen MR) is 75.7 cm³/mol. The van der Waals surface area contributed by atoms with Crippen molar-refractivity contribution in [2.24, 2.45) is 0 Å². The highest BCUT2D eigenvalue weighted by molar-refractivity contribution is 5.39. The average Bonchev–Trinajstić information content (AvgIpc) is 2.42. The van der Waals surface area contributed by atoms with E-state index in [0.717, 1.165) is 31.8 Å². The lowest BCUT2D eigenvalue weighted by molar-refractivity contribution is 0.161. The molecule has 1 rings (SSSR count). The summed E-state index contributed by atoms with van der Waals surface area (Å²) in [6.45, 7) is 4.13. The second-order valence-corrected chi connectivity index (χ2v) is 4.47. The van der Waals surface area contributed by atoms with Gasteiger partial charge in [0, 0.05) is 44.9 Å². The zero-order valence-electron chi connectivity index (χ0n) is 12.0. The molecule has 5 heteroatoms. The van der Waals surface area contributed by atoms with Crippen LogP contribution in [0.4, 0.5) is 0 Å². The van der Waals surface area contributed by atoms with Crippen LogP contribution in [0.5, 0.6) is 11.5 Å². The third-order valence-corrected chi connectivity index (χ3v) is 2.96. The Morgan fingerprint density at radius 2 is 2.05 bits per heavy atom. The van der Waals surface area contributed by atoms with Crippen LogP contribution in [0.2, 0.25) is 0 Å². The van der Waals surface area contributed by atoms with E-state index in [9.17, 15) is 5.11 Å². The summed E-state index contributed by atoms with van der Waals surface area (Å²) in [5, 5.41) is 13.1. The van der Waals surface area contributed by atoms with Gasteiger partial charge < -0.3 is 24.8 Å². The number of benzene rings is 1. The first-order chi connectivity index (χ1) is 9.17. The van der Waals surface area contributed by atoms with E-state index in [1.165, 1.54) is 0 Å². The molecule has 1 aromatic carbocycles. The highest BCUT2D eigenvalue weighted by Gasteiger charge is 2.03. The van der Waals surface area contributed by atoms with Crippen molar-refractivity contribution in [3.8, 4) is 11.5 Å². The largest absolute Gasteiger partial charge is 0.507 e. The number of phenolic OH excluding ortho intramolecular Hbond substituents is 1. The summed E-state index contributed by atoms with van der Waals surface area (Å²) in [6, 6.07) is 5.35. The lowest BCUT2D eigenvalue weighted by Crippen LogP contribution is -2.31. The zero-order chi connectivity index (χ0) is 14.1. The number of rotatable bonds is 9. The molecule has 108 valence electrons. The van der Waals surface area contributed by atoms with Gasteiger partial charge in [-0.05, 0) is 13.1 Å². The lowest BCUT2D eigenvalue weighted by Gasteiger charge is -2.16. The maximum absolute atomic E-state index is 9.80. The first kappa shape index (κ1) is 15.8. The molecule has 19 heavy (non-hydrogen) atoms. The standard InChI is InChI=1S/C14H24N2O3/c1-16(8-9-18-2)7-6-15-11-12-4-5-13(19-3)10-14(12)17/h4-5,10,15,17H,6-9,11H2,1-3H3. The van der Waals surface area contributed by atoms with E-state index in [1.54, 1.807) is 20.3 Å². The summed E-state index contributed by atoms with van der Waals surface area (Å²) in [5.74, 6) is 0.931. The van der Waals surface area contributed by atoms with Crippen LogP contribution < -0.4 is 10.1 Å². The van der Waals surface area contributed by atoms with Gasteiger partial charge in [0.05, 0.1) is 13.7 Å². The van der Waals surface area contributed by atoms with Gasteiger partial charge in [0.1, 0.15) is 11.5 Å². The van der Waals surface area contributed by atoms with Crippen LogP contribution in [0.3, 0.4) is 0 Å². The number of nitrogens with zero attached hydrogens (tertiary/aromatic N) is 1. The molecule has 0 spiro atoms. The van der Waals surface area contributed by atoms with E-state index in [-0.39, 0.29) is 5.75 Å². The van der Waals surface area contributed by atoms with Gasteiger partial charge in [-0.25, -0.2) is 0 Å². The molecule has 0 amide bonds. The third-order valence-electron chi connectivity index (χ3n) is 2.96. The fourth-order valence-electron chi connectivity index (χ4n) is 1.67. The van der Waals surface area contributed by atoms with E-state index in [4.69, 9.17) is 9.47 Å². The molecule has 0 aliphatic rings. The Morgan fingerprint density at radius 1 is 1.26 bits per heavy atom. The smallest absolute Gasteiger partial charge is 0.123 e. The molecule has 5 nitrogen and oxygen atoms in total. The number of ether oxygens (including phenoxy) is 2. The number of hydrogen-bond donors (Lipinski definition) is 2. The molecule has 0 unspecified atom stereocenters. The summed E-state index contributed by atoms with van der Waals surface area (Å²) in [5.41, 5.74) is 0.875. The van der Waals surface area contributed by atoms with Crippen LogP contribution in [0.25, 0.3) is 0 Å². The Balaban J connectivity index is 2.25. The Hall–Kier alpha value is -1.30. The summed E-state index contributed by atoms with van der Waals surface area (Å²) in [6.07, 6.45) is 0. The molecule has 0 atom stereocenters. The van der Waals surface area contributed by atoms with Crippen molar-refractivity contribution in [1.29, 1.82) is 0 Å². The molecule has 0 bridgehead atoms. The van der Waals surface area contributed by atoms with Gasteiger partial charge >= 0.3 is 0 Å². The Morgan fingerprint density at radius 3 is 2.68 bits per heavy atom. The fraction of sp³-hybridized carbons (Fsp3) is 0.571. The van der Waals surface area contributed by atoms with Gasteiger partial charge in [-0.1, -0.05) is 6.07 Å². The average molecular weight is 268 g/mol. The van der Waals surface area contributed by atoms with Crippen molar-refractivity contribution in [2.45, 2.75) is 6.54 Å². The maximum Gasteiger partial charge on any atom is 0.123 e. The number of nitrogens with one attached hydrogen (secondary N) is 1. The molecule has 0 aliphatic heterocycles. The number of phenols is 1. The van der Waals surface area contributed by atoms with Gasteiger partial charge in [0.25, 0.3) is 0 Å². The Bertz CT molecular complexity index is 372. The molecule has 0 heterocycles. The minimum Gasteiger partial charge on any atom is -0.507 e. The Labute approximate surface area is 115 Å². The molecule has 0 radical (unpaired) electrons. The van der Waals surface area contributed by atoms with Crippen LogP contribution in [0.15, 0.2) is 18.2 Å². The molecule has 0 aliphatic carbocycles. The minimum absolute atomic E-state index is 0.264. The first-order valence-corrected chi connectivity index (χ1v) is 6.41. The molecule has 0 saturated carbocycles. The van der Waals surface area contributed by atoms with Gasteiger partial charge in [-0.3, -0.25) is 0 Å². The second-order valence-electron chi connectivity index (χ2n) is 4.47. The molecule has 2 N–H and O–H groups in total. The normalized spacial score (nSPS) is 10.9. The number of aromatic hydroxyl groups is 1. The van der Waals surface area contributed by atoms with Crippen molar-refractivity contribution in [1.82, 2.24) is 10.2 Å². The van der Waals surface area contributed by atoms with Crippen LogP contribution in [0.1, 0.15) is 5.56 Å². The zero-order valence-corrected chi connectivity index (χ0v) is 12.0. The highest BCUT2D eigenvalue weighted by Crippen LogP contribution is 2.22. The van der Waals surface area contributed by atoms with Crippen molar-refractivity contribution >= 4 is 0 Å². The number of hydrogen-bond acceptors (Lipinski definition) is 5. The number of likely N-dealkylation sites (N-methyl/N-ethyl adjacent to an activating group) is 1. The molecule has 0 saturated heterocycles. The van der Waals surface area contributed by atoms with E-state index in [1.807, 2.05) is 12.1 Å². The molecule has 1 aromatic rings. The second kappa shape index (κ2) is 8.74. The van der Waals surface area contributed by atoms with E-state index >= 15 is 0 Å². The van der Waals surface area contributed by atoms with E-state index in [0.29, 0.717) is 12.3 Å². The lowest BCUT2D eigenvalue weighted by atomic mass is 10.2. The summed E-state index contributed by atoms with van der Waals surface area (Å²) in [4.78, 5) is 2.20. The molecule has 0 aromatic heterocycles.